The zero-order chi connectivity index (χ0) is 17.4. The van der Waals surface area contributed by atoms with Crippen molar-refractivity contribution in [3.8, 4) is 10.4 Å². The number of hydrogen-bond donors (Lipinski definition) is 0. The van der Waals surface area contributed by atoms with E-state index in [0.29, 0.717) is 0 Å². The monoisotopic (exact) mass is 370 g/mol. The normalized spacial score (nSPS) is 13.0. The molecule has 5 heteroatoms. The van der Waals surface area contributed by atoms with Crippen molar-refractivity contribution in [2.24, 2.45) is 7.05 Å². The van der Waals surface area contributed by atoms with Crippen LogP contribution >= 0.6 is 23.1 Å². The van der Waals surface area contributed by atoms with Crippen molar-refractivity contribution in [1.82, 2.24) is 9.55 Å². The van der Waals surface area contributed by atoms with Gasteiger partial charge in [-0.1, -0.05) is 55.8 Å². The fraction of sp³-hybridized carbons (Fsp3) is 0.400. The Labute approximate surface area is 156 Å². The molecule has 3 aromatic rings. The second kappa shape index (κ2) is 6.96. The molecule has 0 fully saturated rings. The molecule has 2 aromatic heterocycles. The summed E-state index contributed by atoms with van der Waals surface area (Å²) in [5.41, 5.74) is 3.98. The molecule has 1 aromatic carbocycles. The lowest BCUT2D eigenvalue weighted by Crippen LogP contribution is -2.20. The zero-order valence-corrected chi connectivity index (χ0v) is 16.3. The molecule has 3 nitrogen and oxygen atoms in total. The van der Waals surface area contributed by atoms with Crippen molar-refractivity contribution in [1.29, 1.82) is 0 Å². The van der Waals surface area contributed by atoms with E-state index in [1.807, 2.05) is 7.05 Å². The summed E-state index contributed by atoms with van der Waals surface area (Å²) < 4.78 is 1.74. The van der Waals surface area contributed by atoms with E-state index in [4.69, 9.17) is 4.98 Å². The molecule has 0 unspecified atom stereocenters. The molecule has 2 heterocycles. The first kappa shape index (κ1) is 16.9. The van der Waals surface area contributed by atoms with E-state index in [1.165, 1.54) is 40.8 Å². The van der Waals surface area contributed by atoms with Crippen LogP contribution in [0.4, 0.5) is 0 Å². The molecule has 0 amide bonds. The first-order valence-corrected chi connectivity index (χ1v) is 10.7. The highest BCUT2D eigenvalue weighted by atomic mass is 32.2. The minimum absolute atomic E-state index is 0.111. The molecule has 4 rings (SSSR count). The number of hydrogen-bond acceptors (Lipinski definition) is 4. The summed E-state index contributed by atoms with van der Waals surface area (Å²) in [7, 11) is 1.86. The number of thiophene rings is 1. The Morgan fingerprint density at radius 1 is 1.24 bits per heavy atom. The third-order valence-corrected chi connectivity index (χ3v) is 7.15. The van der Waals surface area contributed by atoms with Crippen LogP contribution in [-0.2, 0) is 19.9 Å². The fourth-order valence-corrected chi connectivity index (χ4v) is 5.78. The quantitative estimate of drug-likeness (QED) is 0.358. The molecular weight excluding hydrogens is 348 g/mol. The first-order chi connectivity index (χ1) is 12.2. The van der Waals surface area contributed by atoms with Crippen molar-refractivity contribution in [2.75, 3.05) is 5.75 Å². The van der Waals surface area contributed by atoms with Crippen LogP contribution in [-0.4, -0.2) is 15.3 Å². The van der Waals surface area contributed by atoms with Crippen molar-refractivity contribution in [2.45, 2.75) is 44.2 Å². The summed E-state index contributed by atoms with van der Waals surface area (Å²) in [6.45, 7) is 2.21. The lowest BCUT2D eigenvalue weighted by Gasteiger charge is -2.15. The molecule has 25 heavy (non-hydrogen) atoms. The van der Waals surface area contributed by atoms with Gasteiger partial charge in [-0.3, -0.25) is 9.36 Å². The van der Waals surface area contributed by atoms with Crippen molar-refractivity contribution in [3.63, 3.8) is 0 Å². The van der Waals surface area contributed by atoms with Crippen LogP contribution in [0.15, 0.2) is 34.2 Å². The highest BCUT2D eigenvalue weighted by Crippen LogP contribution is 2.42. The molecule has 0 spiro atoms. The number of aryl methyl sites for hydroxylation is 2. The van der Waals surface area contributed by atoms with Gasteiger partial charge in [-0.25, -0.2) is 4.98 Å². The summed E-state index contributed by atoms with van der Waals surface area (Å²) >= 11 is 3.39. The van der Waals surface area contributed by atoms with Gasteiger partial charge in [-0.2, -0.15) is 0 Å². The molecule has 130 valence electrons. The Kier molecular flexibility index (Phi) is 4.69. The van der Waals surface area contributed by atoms with Gasteiger partial charge in [0.15, 0.2) is 5.16 Å². The first-order valence-electron chi connectivity index (χ1n) is 8.94. The molecule has 0 aliphatic heterocycles. The van der Waals surface area contributed by atoms with Gasteiger partial charge in [0.05, 0.1) is 5.39 Å². The van der Waals surface area contributed by atoms with E-state index in [0.717, 1.165) is 34.0 Å². The number of unbranched alkanes of at least 4 members (excludes halogenated alkanes) is 2. The van der Waals surface area contributed by atoms with Crippen LogP contribution in [0.2, 0.25) is 0 Å². The Bertz CT molecular complexity index is 987. The Hall–Kier alpha value is -1.59. The Balaban J connectivity index is 1.80. The largest absolute Gasteiger partial charge is 0.290 e. The third kappa shape index (κ3) is 2.93. The van der Waals surface area contributed by atoms with Crippen LogP contribution in [0, 0.1) is 0 Å². The van der Waals surface area contributed by atoms with Gasteiger partial charge in [0.1, 0.15) is 4.83 Å². The maximum atomic E-state index is 13.0. The van der Waals surface area contributed by atoms with E-state index in [-0.39, 0.29) is 5.56 Å². The lowest BCUT2D eigenvalue weighted by molar-refractivity contribution is 0.722. The Morgan fingerprint density at radius 2 is 2.08 bits per heavy atom. The number of fused-ring (bicyclic) bond motifs is 5. The number of benzene rings is 1. The predicted molar refractivity (Wildman–Crippen MR) is 108 cm³/mol. The van der Waals surface area contributed by atoms with E-state index >= 15 is 0 Å². The molecule has 0 saturated carbocycles. The number of rotatable bonds is 5. The van der Waals surface area contributed by atoms with Crippen LogP contribution < -0.4 is 5.56 Å². The fourth-order valence-electron chi connectivity index (χ4n) is 3.49. The van der Waals surface area contributed by atoms with Crippen LogP contribution in [0.25, 0.3) is 20.7 Å². The average molecular weight is 371 g/mol. The van der Waals surface area contributed by atoms with Gasteiger partial charge >= 0.3 is 0 Å². The minimum atomic E-state index is 0.111. The highest BCUT2D eigenvalue weighted by molar-refractivity contribution is 7.99. The second-order valence-corrected chi connectivity index (χ2v) is 8.62. The van der Waals surface area contributed by atoms with Crippen LogP contribution in [0.1, 0.15) is 37.3 Å². The topological polar surface area (TPSA) is 34.9 Å². The summed E-state index contributed by atoms with van der Waals surface area (Å²) in [4.78, 5) is 20.0. The summed E-state index contributed by atoms with van der Waals surface area (Å²) in [6.07, 6.45) is 5.55. The van der Waals surface area contributed by atoms with Crippen LogP contribution in [0.3, 0.4) is 0 Å². The van der Waals surface area contributed by atoms with E-state index < -0.39 is 0 Å². The molecule has 1 aliphatic rings. The molecule has 0 saturated heterocycles. The molecular formula is C20H22N2OS2. The standard InChI is InChI=1S/C20H22N2OS2/c1-3-4-7-12-24-20-21-18-16(19(23)22(20)2)15-11-10-13-8-5-6-9-14(13)17(15)25-18/h5-6,8-9H,3-4,7,10-12H2,1-2H3. The van der Waals surface area contributed by atoms with Crippen molar-refractivity contribution in [3.05, 3.63) is 45.7 Å². The van der Waals surface area contributed by atoms with Gasteiger partial charge in [0, 0.05) is 17.7 Å². The summed E-state index contributed by atoms with van der Waals surface area (Å²) in [6, 6.07) is 8.55. The predicted octanol–water partition coefficient (Wildman–Crippen LogP) is 5.04. The molecule has 0 N–H and O–H groups in total. The zero-order valence-electron chi connectivity index (χ0n) is 14.7. The molecule has 1 aliphatic carbocycles. The van der Waals surface area contributed by atoms with E-state index in [2.05, 4.69) is 31.2 Å². The maximum Gasteiger partial charge on any atom is 0.262 e. The lowest BCUT2D eigenvalue weighted by atomic mass is 9.90. The van der Waals surface area contributed by atoms with Gasteiger partial charge in [0.25, 0.3) is 5.56 Å². The molecule has 0 radical (unpaired) electrons. The number of aromatic nitrogens is 2. The second-order valence-electron chi connectivity index (χ2n) is 6.56. The number of nitrogens with zero attached hydrogens (tertiary/aromatic N) is 2. The van der Waals surface area contributed by atoms with Crippen LogP contribution in [0.5, 0.6) is 0 Å². The molecule has 0 bridgehead atoms. The van der Waals surface area contributed by atoms with Crippen molar-refractivity contribution < 1.29 is 0 Å². The summed E-state index contributed by atoms with van der Waals surface area (Å²) in [5.74, 6) is 1.02. The van der Waals surface area contributed by atoms with E-state index in [1.54, 1.807) is 27.7 Å². The van der Waals surface area contributed by atoms with Gasteiger partial charge in [-0.15, -0.1) is 11.3 Å². The average Bonchev–Trinajstić information content (AvgIpc) is 3.01. The highest BCUT2D eigenvalue weighted by Gasteiger charge is 2.24. The summed E-state index contributed by atoms with van der Waals surface area (Å²) in [5, 5.41) is 1.69. The number of thioether (sulfide) groups is 1. The van der Waals surface area contributed by atoms with E-state index in [9.17, 15) is 4.79 Å². The van der Waals surface area contributed by atoms with Gasteiger partial charge in [-0.05, 0) is 36.0 Å². The van der Waals surface area contributed by atoms with Gasteiger partial charge < -0.3 is 0 Å². The smallest absolute Gasteiger partial charge is 0.262 e. The SMILES string of the molecule is CCCCCSc1nc2sc3c(c2c(=O)n1C)CCc1ccccc1-3. The minimum Gasteiger partial charge on any atom is -0.290 e. The van der Waals surface area contributed by atoms with Crippen molar-refractivity contribution >= 4 is 33.3 Å². The molecule has 0 atom stereocenters. The van der Waals surface area contributed by atoms with Gasteiger partial charge in [0.2, 0.25) is 0 Å². The third-order valence-electron chi connectivity index (χ3n) is 4.88. The Morgan fingerprint density at radius 3 is 2.92 bits per heavy atom. The maximum absolute atomic E-state index is 13.0.